The van der Waals surface area contributed by atoms with E-state index in [4.69, 9.17) is 5.11 Å². The van der Waals surface area contributed by atoms with Crippen LogP contribution < -0.4 is 0 Å². The summed E-state index contributed by atoms with van der Waals surface area (Å²) in [6.45, 7) is 0. The van der Waals surface area contributed by atoms with Crippen molar-refractivity contribution in [3.8, 4) is 0 Å². The number of alkyl halides is 13. The molecule has 0 aromatic carbocycles. The third kappa shape index (κ3) is 2.86. The summed E-state index contributed by atoms with van der Waals surface area (Å²) in [4.78, 5) is 15.3. The summed E-state index contributed by atoms with van der Waals surface area (Å²) in [6.07, 6.45) is -30.1. The molecule has 0 aromatic heterocycles. The Morgan fingerprint density at radius 3 is 1.00 bits per heavy atom. The Hall–Kier alpha value is -1.41. The summed E-state index contributed by atoms with van der Waals surface area (Å²) in [5.41, 5.74) is -7.68. The molecule has 0 aliphatic heterocycles. The fraction of sp³-hybridized carbons (Fsp3) is 0.750. The van der Waals surface area contributed by atoms with Crippen LogP contribution in [0.25, 0.3) is 0 Å². The first-order valence-electron chi connectivity index (χ1n) is 4.84. The molecule has 0 aromatic rings. The van der Waals surface area contributed by atoms with Crippen molar-refractivity contribution in [1.29, 1.82) is 0 Å². The molecule has 0 aliphatic rings. The number of rotatable bonds is 3. The molecule has 16 heteroatoms. The molecule has 0 aliphatic carbocycles. The monoisotopic (exact) mass is 408 g/mol. The molecule has 24 heavy (non-hydrogen) atoms. The highest BCUT2D eigenvalue weighted by Crippen LogP contribution is 2.62. The number of ketones is 1. The van der Waals surface area contributed by atoms with Crippen LogP contribution in [0.4, 0.5) is 52.7 Å². The van der Waals surface area contributed by atoms with Gasteiger partial charge in [-0.3, -0.25) is 4.79 Å². The molecule has 1 N–H and O–H groups in total. The van der Waals surface area contributed by atoms with E-state index in [1.54, 1.807) is 0 Å². The number of carboxylic acids is 1. The largest absolute Gasteiger partial charge is 0.479 e. The van der Waals surface area contributed by atoms with E-state index in [-0.39, 0.29) is 0 Å². The summed E-state index contributed by atoms with van der Waals surface area (Å²) in [6, 6.07) is 0. The van der Waals surface area contributed by atoms with E-state index < -0.39 is 46.7 Å². The van der Waals surface area contributed by atoms with Crippen molar-refractivity contribution in [2.45, 2.75) is 29.6 Å². The summed E-state index contributed by atoms with van der Waals surface area (Å²) in [5, 5.41) is 8.12. The Bertz CT molecular complexity index is 490. The average molecular weight is 409 g/mol. The van der Waals surface area contributed by atoms with Crippen LogP contribution in [0.1, 0.15) is 0 Å². The third-order valence-corrected chi connectivity index (χ3v) is 3.16. The van der Waals surface area contributed by atoms with Crippen LogP contribution in [0.5, 0.6) is 0 Å². The van der Waals surface area contributed by atoms with E-state index in [9.17, 15) is 62.3 Å². The third-order valence-electron chi connectivity index (χ3n) is 2.61. The molecule has 142 valence electrons. The highest BCUT2D eigenvalue weighted by molar-refractivity contribution is 6.47. The van der Waals surface area contributed by atoms with E-state index >= 15 is 0 Å². The van der Waals surface area contributed by atoms with Gasteiger partial charge in [0.15, 0.2) is 0 Å². The zero-order valence-corrected chi connectivity index (χ0v) is 10.9. The molecule has 0 rings (SSSR count). The van der Waals surface area contributed by atoms with Crippen molar-refractivity contribution < 1.29 is 67.4 Å². The van der Waals surface area contributed by atoms with Gasteiger partial charge >= 0.3 is 36.1 Å². The zero-order valence-electron chi connectivity index (χ0n) is 10.2. The number of carbonyl (C=O) groups excluding carboxylic acids is 1. The minimum Gasteiger partial charge on any atom is -0.479 e. The smallest absolute Gasteiger partial charge is 0.425 e. The Morgan fingerprint density at radius 2 is 0.875 bits per heavy atom. The van der Waals surface area contributed by atoms with Gasteiger partial charge in [-0.05, 0) is 0 Å². The number of hydrogen-bond acceptors (Lipinski definition) is 2. The van der Waals surface area contributed by atoms with Crippen molar-refractivity contribution >= 4 is 23.4 Å². The minimum absolute atomic E-state index is 3.90. The van der Waals surface area contributed by atoms with Crippen LogP contribution in [-0.4, -0.2) is 46.4 Å². The highest BCUT2D eigenvalue weighted by atomic mass is 35.5. The predicted molar refractivity (Wildman–Crippen MR) is 47.9 cm³/mol. The lowest BCUT2D eigenvalue weighted by atomic mass is 9.74. The summed E-state index contributed by atoms with van der Waals surface area (Å²) in [7, 11) is 0. The molecule has 0 fully saturated rings. The van der Waals surface area contributed by atoms with Crippen molar-refractivity contribution in [3.63, 3.8) is 0 Å². The van der Waals surface area contributed by atoms with Gasteiger partial charge in [0.05, 0.1) is 0 Å². The summed E-state index contributed by atoms with van der Waals surface area (Å²) in [5.74, 6) is -8.80. The van der Waals surface area contributed by atoms with E-state index in [1.165, 1.54) is 0 Å². The number of aliphatic carboxylic acids is 1. The van der Waals surface area contributed by atoms with Gasteiger partial charge in [0.25, 0.3) is 4.87 Å². The lowest BCUT2D eigenvalue weighted by molar-refractivity contribution is -0.407. The van der Waals surface area contributed by atoms with Crippen molar-refractivity contribution in [3.05, 3.63) is 0 Å². The Labute approximate surface area is 127 Å². The van der Waals surface area contributed by atoms with E-state index in [0.29, 0.717) is 0 Å². The van der Waals surface area contributed by atoms with Crippen molar-refractivity contribution in [2.75, 3.05) is 0 Å². The van der Waals surface area contributed by atoms with Gasteiger partial charge in [-0.15, -0.1) is 0 Å². The number of halogens is 13. The molecule has 0 saturated heterocycles. The summed E-state index contributed by atoms with van der Waals surface area (Å²) >= 11 is 4.03. The van der Waals surface area contributed by atoms with Crippen LogP contribution in [-0.2, 0) is 9.59 Å². The molecule has 0 heterocycles. The molecule has 3 nitrogen and oxygen atoms in total. The van der Waals surface area contributed by atoms with Crippen LogP contribution >= 0.6 is 11.6 Å². The Morgan fingerprint density at radius 1 is 0.625 bits per heavy atom. The highest BCUT2D eigenvalue weighted by Gasteiger charge is 2.92. The topological polar surface area (TPSA) is 54.4 Å². The van der Waals surface area contributed by atoms with Gasteiger partial charge in [0, 0.05) is 0 Å². The number of carbonyl (C=O) groups is 2. The lowest BCUT2D eigenvalue weighted by Gasteiger charge is -2.40. The molecule has 0 bridgehead atoms. The number of Topliss-reactive ketones (excluding diaryl/α,β-unsaturated/α-hetero) is 1. The molecular formula is C8HClF12O3. The second-order valence-electron chi connectivity index (χ2n) is 4.03. The van der Waals surface area contributed by atoms with Crippen LogP contribution in [0.3, 0.4) is 0 Å². The molecule has 0 saturated carbocycles. The fourth-order valence-corrected chi connectivity index (χ4v) is 1.62. The summed E-state index contributed by atoms with van der Waals surface area (Å²) < 4.78 is 150. The Kier molecular flexibility index (Phi) is 5.23. The minimum atomic E-state index is -7.73. The average Bonchev–Trinajstić information content (AvgIpc) is 2.19. The molecule has 1 atom stereocenters. The normalized spacial score (nSPS) is 17.4. The van der Waals surface area contributed by atoms with Gasteiger partial charge in [0.1, 0.15) is 0 Å². The zero-order chi connectivity index (χ0) is 20.2. The molecule has 1 unspecified atom stereocenters. The van der Waals surface area contributed by atoms with Gasteiger partial charge in [-0.25, -0.2) is 4.79 Å². The molecular weight excluding hydrogens is 408 g/mol. The van der Waals surface area contributed by atoms with Gasteiger partial charge in [-0.1, -0.05) is 11.6 Å². The molecule has 0 spiro atoms. The first-order chi connectivity index (χ1) is 10.1. The van der Waals surface area contributed by atoms with Crippen LogP contribution in [0.15, 0.2) is 0 Å². The standard InChI is InChI=1S/C8HClF12O3/c9-3(2(23)24,5(10,11)12)1(22)4(6(13,14)15,7(16,17)18)8(19,20)21/h(H,23,24). The maximum absolute atomic E-state index is 12.5. The van der Waals surface area contributed by atoms with Crippen LogP contribution in [0, 0.1) is 5.41 Å². The molecule has 0 amide bonds. The predicted octanol–water partition coefficient (Wildman–Crippen LogP) is 3.85. The van der Waals surface area contributed by atoms with E-state index in [1.807, 2.05) is 0 Å². The van der Waals surface area contributed by atoms with E-state index in [0.717, 1.165) is 0 Å². The number of carboxylic acid groups (broad SMARTS) is 1. The maximum atomic E-state index is 12.5. The second kappa shape index (κ2) is 5.56. The first kappa shape index (κ1) is 22.6. The lowest BCUT2D eigenvalue weighted by Crippen LogP contribution is -2.71. The fourth-order valence-electron chi connectivity index (χ4n) is 1.47. The first-order valence-corrected chi connectivity index (χ1v) is 5.22. The second-order valence-corrected chi connectivity index (χ2v) is 4.60. The molecule has 0 radical (unpaired) electrons. The van der Waals surface area contributed by atoms with Crippen LogP contribution in [0.2, 0.25) is 0 Å². The van der Waals surface area contributed by atoms with E-state index in [2.05, 4.69) is 11.6 Å². The quantitative estimate of drug-likeness (QED) is 0.438. The van der Waals surface area contributed by atoms with Gasteiger partial charge in [0.2, 0.25) is 5.78 Å². The Balaban J connectivity index is 7.17. The van der Waals surface area contributed by atoms with Gasteiger partial charge in [-0.2, -0.15) is 52.7 Å². The van der Waals surface area contributed by atoms with Crippen molar-refractivity contribution in [2.24, 2.45) is 5.41 Å². The number of hydrogen-bond donors (Lipinski definition) is 1. The SMILES string of the molecule is O=C(O)C(Cl)(C(=O)C(C(F)(F)F)(C(F)(F)F)C(F)(F)F)C(F)(F)F. The maximum Gasteiger partial charge on any atom is 0.425 e. The van der Waals surface area contributed by atoms with Crippen molar-refractivity contribution in [1.82, 2.24) is 0 Å². The van der Waals surface area contributed by atoms with Gasteiger partial charge < -0.3 is 5.11 Å².